The molecule has 2 heterocycles. The number of urea groups is 1. The van der Waals surface area contributed by atoms with E-state index in [4.69, 9.17) is 16.3 Å². The molecule has 2 saturated heterocycles. The average molecular weight is 457 g/mol. The number of hydrogen-bond acceptors (Lipinski definition) is 5. The molecule has 2 aliphatic rings. The van der Waals surface area contributed by atoms with E-state index in [1.54, 1.807) is 48.5 Å². The number of nitrogens with one attached hydrogen (secondary N) is 2. The number of rotatable bonds is 6. The molecule has 2 aromatic rings. The lowest BCUT2D eigenvalue weighted by Gasteiger charge is -2.46. The Morgan fingerprint density at radius 1 is 1.19 bits per heavy atom. The normalized spacial score (nSPS) is 20.7. The Bertz CT molecular complexity index is 1010. The molecule has 0 aliphatic carbocycles. The number of halogens is 1. The second-order valence-electron chi connectivity index (χ2n) is 7.86. The minimum atomic E-state index is -0.506. The van der Waals surface area contributed by atoms with Crippen LogP contribution in [0.4, 0.5) is 10.5 Å². The summed E-state index contributed by atoms with van der Waals surface area (Å²) in [6.45, 7) is 0.627. The number of para-hydroxylation sites is 2. The molecule has 2 aliphatic heterocycles. The van der Waals surface area contributed by atoms with Gasteiger partial charge in [-0.2, -0.15) is 0 Å². The number of nitrogens with zero attached hydrogens (tertiary/aromatic N) is 2. The molecule has 2 fully saturated rings. The van der Waals surface area contributed by atoms with E-state index in [2.05, 4.69) is 10.6 Å². The van der Waals surface area contributed by atoms with Crippen molar-refractivity contribution in [2.45, 2.75) is 25.6 Å². The third-order valence-corrected chi connectivity index (χ3v) is 6.02. The van der Waals surface area contributed by atoms with Gasteiger partial charge in [0, 0.05) is 5.02 Å². The van der Waals surface area contributed by atoms with Crippen LogP contribution in [0, 0.1) is 5.92 Å². The Hall–Kier alpha value is -3.10. The lowest BCUT2D eigenvalue weighted by molar-refractivity contribution is -0.143. The van der Waals surface area contributed by atoms with E-state index in [1.165, 1.54) is 16.9 Å². The molecule has 2 aromatic carbocycles. The number of anilines is 1. The topological polar surface area (TPSA) is 91.0 Å². The number of amides is 4. The summed E-state index contributed by atoms with van der Waals surface area (Å²) in [5, 5.41) is 6.63. The molecule has 168 valence electrons. The first-order valence-electron chi connectivity index (χ1n) is 10.5. The van der Waals surface area contributed by atoms with Crippen molar-refractivity contribution < 1.29 is 19.1 Å². The fourth-order valence-electron chi connectivity index (χ4n) is 4.20. The van der Waals surface area contributed by atoms with Crippen LogP contribution in [0.5, 0.6) is 5.75 Å². The van der Waals surface area contributed by atoms with Crippen molar-refractivity contribution in [2.24, 2.45) is 5.92 Å². The van der Waals surface area contributed by atoms with E-state index < -0.39 is 18.1 Å². The van der Waals surface area contributed by atoms with Gasteiger partial charge in [0.15, 0.2) is 0 Å². The molecule has 4 rings (SSSR count). The molecule has 0 radical (unpaired) electrons. The lowest BCUT2D eigenvalue weighted by Crippen LogP contribution is -2.68. The fourth-order valence-corrected chi connectivity index (χ4v) is 4.33. The maximum absolute atomic E-state index is 13.3. The molecular weight excluding hydrogens is 432 g/mol. The predicted molar refractivity (Wildman–Crippen MR) is 120 cm³/mol. The monoisotopic (exact) mass is 456 g/mol. The van der Waals surface area contributed by atoms with Crippen LogP contribution in [0.15, 0.2) is 48.5 Å². The molecule has 0 bridgehead atoms. The molecule has 2 N–H and O–H groups in total. The van der Waals surface area contributed by atoms with E-state index in [0.717, 1.165) is 12.0 Å². The molecule has 8 nitrogen and oxygen atoms in total. The Morgan fingerprint density at radius 2 is 1.94 bits per heavy atom. The summed E-state index contributed by atoms with van der Waals surface area (Å²) in [5.41, 5.74) is 1.31. The number of hydrogen-bond donors (Lipinski definition) is 2. The van der Waals surface area contributed by atoms with Gasteiger partial charge in [0.2, 0.25) is 11.8 Å². The number of imide groups is 1. The average Bonchev–Trinajstić information content (AvgIpc) is 2.81. The highest BCUT2D eigenvalue weighted by atomic mass is 35.5. The van der Waals surface area contributed by atoms with Crippen molar-refractivity contribution >= 4 is 35.1 Å². The number of carbonyl (C=O) groups is 3. The first-order valence-corrected chi connectivity index (χ1v) is 10.9. The summed E-state index contributed by atoms with van der Waals surface area (Å²) < 4.78 is 5.28. The van der Waals surface area contributed by atoms with Gasteiger partial charge < -0.3 is 10.1 Å². The van der Waals surface area contributed by atoms with Gasteiger partial charge in [-0.1, -0.05) is 35.9 Å². The van der Waals surface area contributed by atoms with Gasteiger partial charge in [-0.3, -0.25) is 24.7 Å². The molecule has 2 unspecified atom stereocenters. The number of piperidine rings is 1. The summed E-state index contributed by atoms with van der Waals surface area (Å²) in [6, 6.07) is 13.6. The standard InChI is InChI=1S/C23H25ClN4O4/c1-32-19-7-3-2-6-18(19)26-20(29)14-27-21-17(5-4-12-25-21)22(30)28(23(27)31)13-15-8-10-16(24)11-9-15/h2-3,6-11,17,21,25H,4-5,12-14H2,1H3,(H,26,29). The van der Waals surface area contributed by atoms with Gasteiger partial charge in [-0.15, -0.1) is 0 Å². The second kappa shape index (κ2) is 9.58. The third kappa shape index (κ3) is 4.56. The summed E-state index contributed by atoms with van der Waals surface area (Å²) >= 11 is 5.95. The van der Waals surface area contributed by atoms with Gasteiger partial charge in [0.05, 0.1) is 31.4 Å². The number of methoxy groups -OCH3 is 1. The van der Waals surface area contributed by atoms with E-state index in [-0.39, 0.29) is 24.9 Å². The van der Waals surface area contributed by atoms with Crippen molar-refractivity contribution in [1.82, 2.24) is 15.1 Å². The zero-order valence-electron chi connectivity index (χ0n) is 17.7. The van der Waals surface area contributed by atoms with Gasteiger partial charge in [0.1, 0.15) is 12.3 Å². The smallest absolute Gasteiger partial charge is 0.328 e. The third-order valence-electron chi connectivity index (χ3n) is 5.77. The SMILES string of the molecule is COc1ccccc1NC(=O)CN1C(=O)N(Cc2ccc(Cl)cc2)C(=O)C2CCCNC21. The summed E-state index contributed by atoms with van der Waals surface area (Å²) in [5.74, 6) is -0.454. The van der Waals surface area contributed by atoms with Crippen molar-refractivity contribution in [2.75, 3.05) is 25.5 Å². The first-order chi connectivity index (χ1) is 15.5. The molecule has 0 spiro atoms. The van der Waals surface area contributed by atoms with E-state index >= 15 is 0 Å². The maximum atomic E-state index is 13.3. The van der Waals surface area contributed by atoms with Crippen LogP contribution in [0.25, 0.3) is 0 Å². The van der Waals surface area contributed by atoms with Crippen LogP contribution in [0.1, 0.15) is 18.4 Å². The zero-order valence-corrected chi connectivity index (χ0v) is 18.5. The molecular formula is C23H25ClN4O4. The van der Waals surface area contributed by atoms with Gasteiger partial charge >= 0.3 is 6.03 Å². The van der Waals surface area contributed by atoms with E-state index in [1.807, 2.05) is 0 Å². The molecule has 2 atom stereocenters. The van der Waals surface area contributed by atoms with Crippen LogP contribution in [0.3, 0.4) is 0 Å². The Balaban J connectivity index is 1.54. The first kappa shape index (κ1) is 22.1. The highest BCUT2D eigenvalue weighted by Crippen LogP contribution is 2.30. The molecule has 4 amide bonds. The van der Waals surface area contributed by atoms with Gasteiger partial charge in [0.25, 0.3) is 0 Å². The van der Waals surface area contributed by atoms with Crippen molar-refractivity contribution in [3.8, 4) is 5.75 Å². The summed E-state index contributed by atoms with van der Waals surface area (Å²) in [7, 11) is 1.52. The summed E-state index contributed by atoms with van der Waals surface area (Å²) in [4.78, 5) is 42.0. The number of benzene rings is 2. The number of ether oxygens (including phenoxy) is 1. The maximum Gasteiger partial charge on any atom is 0.328 e. The van der Waals surface area contributed by atoms with Crippen LogP contribution in [-0.4, -0.2) is 54.0 Å². The summed E-state index contributed by atoms with van der Waals surface area (Å²) in [6.07, 6.45) is 0.983. The number of carbonyl (C=O) groups excluding carboxylic acids is 3. The highest BCUT2D eigenvalue weighted by molar-refractivity contribution is 6.30. The van der Waals surface area contributed by atoms with Gasteiger partial charge in [-0.25, -0.2) is 4.79 Å². The van der Waals surface area contributed by atoms with Crippen LogP contribution < -0.4 is 15.4 Å². The van der Waals surface area contributed by atoms with Crippen LogP contribution in [0.2, 0.25) is 5.02 Å². The quantitative estimate of drug-likeness (QED) is 0.697. The van der Waals surface area contributed by atoms with Crippen molar-refractivity contribution in [3.05, 3.63) is 59.1 Å². The van der Waals surface area contributed by atoms with Crippen LogP contribution >= 0.6 is 11.6 Å². The fraction of sp³-hybridized carbons (Fsp3) is 0.348. The van der Waals surface area contributed by atoms with Crippen molar-refractivity contribution in [1.29, 1.82) is 0 Å². The molecule has 32 heavy (non-hydrogen) atoms. The zero-order chi connectivity index (χ0) is 22.7. The Morgan fingerprint density at radius 3 is 2.69 bits per heavy atom. The molecule has 9 heteroatoms. The predicted octanol–water partition coefficient (Wildman–Crippen LogP) is 3.08. The van der Waals surface area contributed by atoms with Crippen LogP contribution in [-0.2, 0) is 16.1 Å². The minimum Gasteiger partial charge on any atom is -0.495 e. The minimum absolute atomic E-state index is 0.128. The van der Waals surface area contributed by atoms with Gasteiger partial charge in [-0.05, 0) is 49.2 Å². The van der Waals surface area contributed by atoms with E-state index in [0.29, 0.717) is 29.4 Å². The largest absolute Gasteiger partial charge is 0.495 e. The molecule has 0 saturated carbocycles. The number of fused-ring (bicyclic) bond motifs is 1. The second-order valence-corrected chi connectivity index (χ2v) is 8.29. The Labute approximate surface area is 191 Å². The molecule has 0 aromatic heterocycles. The Kier molecular flexibility index (Phi) is 6.62. The van der Waals surface area contributed by atoms with E-state index in [9.17, 15) is 14.4 Å². The highest BCUT2D eigenvalue weighted by Gasteiger charge is 2.47. The lowest BCUT2D eigenvalue weighted by atomic mass is 9.91. The van der Waals surface area contributed by atoms with Crippen molar-refractivity contribution in [3.63, 3.8) is 0 Å².